The van der Waals surface area contributed by atoms with Crippen molar-refractivity contribution >= 4 is 11.6 Å². The van der Waals surface area contributed by atoms with E-state index in [1.54, 1.807) is 0 Å². The normalized spacial score (nSPS) is 13.6. The molecule has 0 radical (unpaired) electrons. The van der Waals surface area contributed by atoms with Gasteiger partial charge in [-0.15, -0.1) is 0 Å². The first-order chi connectivity index (χ1) is 11.1. The van der Waals surface area contributed by atoms with E-state index in [-0.39, 0.29) is 5.91 Å². The van der Waals surface area contributed by atoms with Crippen molar-refractivity contribution in [1.29, 1.82) is 0 Å². The fourth-order valence-corrected chi connectivity index (χ4v) is 3.03. The van der Waals surface area contributed by atoms with Gasteiger partial charge in [0, 0.05) is 31.7 Å². The minimum atomic E-state index is 0.232. The van der Waals surface area contributed by atoms with Crippen LogP contribution in [0.15, 0.2) is 42.5 Å². The minimum absolute atomic E-state index is 0.232. The van der Waals surface area contributed by atoms with Gasteiger partial charge in [0.05, 0.1) is 0 Å². The van der Waals surface area contributed by atoms with Gasteiger partial charge in [0.2, 0.25) is 5.91 Å². The third kappa shape index (κ3) is 3.73. The van der Waals surface area contributed by atoms with Crippen LogP contribution in [0.4, 0.5) is 5.69 Å². The maximum Gasteiger partial charge on any atom is 0.224 e. The Hall–Kier alpha value is -2.29. The number of hydrogen-bond donors (Lipinski definition) is 1. The lowest BCUT2D eigenvalue weighted by Gasteiger charge is -2.29. The van der Waals surface area contributed by atoms with E-state index in [0.29, 0.717) is 13.0 Å². The van der Waals surface area contributed by atoms with Gasteiger partial charge in [-0.25, -0.2) is 0 Å². The highest BCUT2D eigenvalue weighted by Gasteiger charge is 2.19. The molecule has 2 aromatic rings. The Bertz CT molecular complexity index is 709. The average molecular weight is 308 g/mol. The van der Waals surface area contributed by atoms with Gasteiger partial charge in [0.25, 0.3) is 0 Å². The van der Waals surface area contributed by atoms with Gasteiger partial charge in [-0.3, -0.25) is 4.79 Å². The van der Waals surface area contributed by atoms with E-state index in [1.807, 2.05) is 11.0 Å². The Kier molecular flexibility index (Phi) is 4.65. The molecule has 0 bridgehead atoms. The zero-order chi connectivity index (χ0) is 16.2. The number of amides is 1. The van der Waals surface area contributed by atoms with Crippen LogP contribution in [0.5, 0.6) is 0 Å². The number of nitrogens with zero attached hydrogens (tertiary/aromatic N) is 1. The maximum atomic E-state index is 12.4. The Morgan fingerprint density at radius 2 is 1.87 bits per heavy atom. The molecule has 120 valence electrons. The second-order valence-electron chi connectivity index (χ2n) is 6.31. The third-order valence-electron chi connectivity index (χ3n) is 4.66. The largest absolute Gasteiger partial charge is 0.385 e. The third-order valence-corrected chi connectivity index (χ3v) is 4.66. The molecule has 0 saturated carbocycles. The fraction of sp³-hybridized carbons (Fsp3) is 0.350. The molecule has 3 heteroatoms. The van der Waals surface area contributed by atoms with Crippen LogP contribution in [0, 0.1) is 13.8 Å². The SMILES string of the molecule is Cc1ccc(NCCC(=O)N2CCc3ccccc3C2)cc1C. The highest BCUT2D eigenvalue weighted by Crippen LogP contribution is 2.19. The first-order valence-corrected chi connectivity index (χ1v) is 8.29. The quantitative estimate of drug-likeness (QED) is 0.934. The topological polar surface area (TPSA) is 32.3 Å². The van der Waals surface area contributed by atoms with Crippen LogP contribution in [0.2, 0.25) is 0 Å². The average Bonchev–Trinajstić information content (AvgIpc) is 2.57. The first kappa shape index (κ1) is 15.6. The minimum Gasteiger partial charge on any atom is -0.385 e. The monoisotopic (exact) mass is 308 g/mol. The van der Waals surface area contributed by atoms with Gasteiger partial charge in [-0.05, 0) is 54.7 Å². The van der Waals surface area contributed by atoms with Crippen LogP contribution < -0.4 is 5.32 Å². The molecule has 0 aromatic heterocycles. The van der Waals surface area contributed by atoms with Gasteiger partial charge in [0.1, 0.15) is 0 Å². The first-order valence-electron chi connectivity index (χ1n) is 8.29. The number of benzene rings is 2. The van der Waals surface area contributed by atoms with Crippen molar-refractivity contribution < 1.29 is 4.79 Å². The summed E-state index contributed by atoms with van der Waals surface area (Å²) in [5.74, 6) is 0.232. The van der Waals surface area contributed by atoms with Crippen molar-refractivity contribution in [3.05, 3.63) is 64.7 Å². The molecule has 0 spiro atoms. The summed E-state index contributed by atoms with van der Waals surface area (Å²) in [6.45, 7) is 6.48. The van der Waals surface area contributed by atoms with Gasteiger partial charge in [0.15, 0.2) is 0 Å². The smallest absolute Gasteiger partial charge is 0.224 e. The molecule has 0 aliphatic carbocycles. The molecule has 0 unspecified atom stereocenters. The van der Waals surface area contributed by atoms with Crippen LogP contribution in [0.3, 0.4) is 0 Å². The van der Waals surface area contributed by atoms with Crippen LogP contribution in [-0.2, 0) is 17.8 Å². The maximum absolute atomic E-state index is 12.4. The number of carbonyl (C=O) groups is 1. The second-order valence-corrected chi connectivity index (χ2v) is 6.31. The predicted molar refractivity (Wildman–Crippen MR) is 94.6 cm³/mol. The highest BCUT2D eigenvalue weighted by molar-refractivity contribution is 5.77. The molecule has 3 nitrogen and oxygen atoms in total. The van der Waals surface area contributed by atoms with E-state index in [9.17, 15) is 4.79 Å². The molecule has 3 rings (SSSR count). The summed E-state index contributed by atoms with van der Waals surface area (Å²) in [5.41, 5.74) is 6.32. The lowest BCUT2D eigenvalue weighted by atomic mass is 10.00. The summed E-state index contributed by atoms with van der Waals surface area (Å²) >= 11 is 0. The van der Waals surface area contributed by atoms with E-state index < -0.39 is 0 Å². The summed E-state index contributed by atoms with van der Waals surface area (Å²) < 4.78 is 0. The molecule has 0 fully saturated rings. The summed E-state index contributed by atoms with van der Waals surface area (Å²) in [7, 11) is 0. The standard InChI is InChI=1S/C20H24N2O/c1-15-7-8-19(13-16(15)2)21-11-9-20(23)22-12-10-17-5-3-4-6-18(17)14-22/h3-8,13,21H,9-12,14H2,1-2H3. The molecule has 1 N–H and O–H groups in total. The molecule has 0 atom stereocenters. The van der Waals surface area contributed by atoms with Crippen molar-refractivity contribution in [3.8, 4) is 0 Å². The van der Waals surface area contributed by atoms with E-state index in [1.165, 1.54) is 22.3 Å². The summed E-state index contributed by atoms with van der Waals surface area (Å²) in [6, 6.07) is 14.7. The number of fused-ring (bicyclic) bond motifs is 1. The molecule has 0 saturated heterocycles. The number of carbonyl (C=O) groups excluding carboxylic acids is 1. The van der Waals surface area contributed by atoms with Gasteiger partial charge in [-0.1, -0.05) is 30.3 Å². The van der Waals surface area contributed by atoms with Crippen molar-refractivity contribution in [3.63, 3.8) is 0 Å². The van der Waals surface area contributed by atoms with Crippen molar-refractivity contribution in [2.45, 2.75) is 33.2 Å². The zero-order valence-corrected chi connectivity index (χ0v) is 13.9. The van der Waals surface area contributed by atoms with E-state index >= 15 is 0 Å². The van der Waals surface area contributed by atoms with Crippen LogP contribution in [-0.4, -0.2) is 23.9 Å². The fourth-order valence-electron chi connectivity index (χ4n) is 3.03. The number of hydrogen-bond acceptors (Lipinski definition) is 2. The van der Waals surface area contributed by atoms with Gasteiger partial charge < -0.3 is 10.2 Å². The lowest BCUT2D eigenvalue weighted by Crippen LogP contribution is -2.36. The van der Waals surface area contributed by atoms with Crippen LogP contribution >= 0.6 is 0 Å². The second kappa shape index (κ2) is 6.86. The number of anilines is 1. The Morgan fingerprint density at radius 1 is 1.09 bits per heavy atom. The lowest BCUT2D eigenvalue weighted by molar-refractivity contribution is -0.131. The van der Waals surface area contributed by atoms with E-state index in [2.05, 4.69) is 55.6 Å². The number of nitrogens with one attached hydrogen (secondary N) is 1. The molecule has 23 heavy (non-hydrogen) atoms. The Morgan fingerprint density at radius 3 is 2.65 bits per heavy atom. The Labute approximate surface area is 138 Å². The van der Waals surface area contributed by atoms with Crippen molar-refractivity contribution in [1.82, 2.24) is 4.90 Å². The summed E-state index contributed by atoms with van der Waals surface area (Å²) in [6.07, 6.45) is 1.50. The van der Waals surface area contributed by atoms with Crippen molar-refractivity contribution in [2.75, 3.05) is 18.4 Å². The number of aryl methyl sites for hydroxylation is 2. The van der Waals surface area contributed by atoms with Gasteiger partial charge in [-0.2, -0.15) is 0 Å². The zero-order valence-electron chi connectivity index (χ0n) is 13.9. The molecule has 1 aliphatic heterocycles. The van der Waals surface area contributed by atoms with Gasteiger partial charge >= 0.3 is 0 Å². The highest BCUT2D eigenvalue weighted by atomic mass is 16.2. The van der Waals surface area contributed by atoms with Crippen molar-refractivity contribution in [2.24, 2.45) is 0 Å². The molecule has 1 aliphatic rings. The molecule has 1 amide bonds. The van der Waals surface area contributed by atoms with E-state index in [0.717, 1.165) is 25.2 Å². The molecular weight excluding hydrogens is 284 g/mol. The van der Waals surface area contributed by atoms with Crippen LogP contribution in [0.25, 0.3) is 0 Å². The predicted octanol–water partition coefficient (Wildman–Crippen LogP) is 3.69. The molecule has 1 heterocycles. The summed E-state index contributed by atoms with van der Waals surface area (Å²) in [4.78, 5) is 14.4. The Balaban J connectivity index is 1.51. The number of rotatable bonds is 4. The van der Waals surface area contributed by atoms with Crippen LogP contribution in [0.1, 0.15) is 28.7 Å². The molecular formula is C20H24N2O. The summed E-state index contributed by atoms with van der Waals surface area (Å²) in [5, 5.41) is 3.35. The molecule has 2 aromatic carbocycles. The van der Waals surface area contributed by atoms with E-state index in [4.69, 9.17) is 0 Å².